The van der Waals surface area contributed by atoms with Crippen LogP contribution in [0.2, 0.25) is 5.02 Å². The van der Waals surface area contributed by atoms with Crippen molar-refractivity contribution >= 4 is 24.0 Å². The highest BCUT2D eigenvalue weighted by Crippen LogP contribution is 2.43. The van der Waals surface area contributed by atoms with Gasteiger partial charge in [-0.3, -0.25) is 5.84 Å². The maximum atomic E-state index is 6.43. The lowest BCUT2D eigenvalue weighted by Gasteiger charge is -2.39. The van der Waals surface area contributed by atoms with Gasteiger partial charge in [0.05, 0.1) is 6.04 Å². The van der Waals surface area contributed by atoms with Gasteiger partial charge in [0.2, 0.25) is 0 Å². The Kier molecular flexibility index (Phi) is 6.07. The molecule has 2 aliphatic heterocycles. The van der Waals surface area contributed by atoms with Gasteiger partial charge in [0.25, 0.3) is 0 Å². The van der Waals surface area contributed by atoms with Crippen LogP contribution in [0.25, 0.3) is 0 Å². The quantitative estimate of drug-likeness (QED) is 0.698. The Balaban J connectivity index is 0.00000210. The van der Waals surface area contributed by atoms with E-state index < -0.39 is 0 Å². The van der Waals surface area contributed by atoms with Crippen LogP contribution in [0.15, 0.2) is 42.5 Å². The Bertz CT molecular complexity index is 794. The summed E-state index contributed by atoms with van der Waals surface area (Å²) in [5.41, 5.74) is 3.58. The van der Waals surface area contributed by atoms with Crippen LogP contribution in [-0.4, -0.2) is 17.2 Å². The first-order valence-corrected chi connectivity index (χ1v) is 9.87. The number of hydrogen-bond donors (Lipinski definition) is 1. The Morgan fingerprint density at radius 2 is 1.96 bits per heavy atom. The monoisotopic (exact) mass is 406 g/mol. The van der Waals surface area contributed by atoms with Gasteiger partial charge < -0.3 is 4.74 Å². The fourth-order valence-corrected chi connectivity index (χ4v) is 4.87. The topological polar surface area (TPSA) is 38.5 Å². The second kappa shape index (κ2) is 8.00. The summed E-state index contributed by atoms with van der Waals surface area (Å²) in [6.07, 6.45) is 4.13. The molecule has 2 atom stereocenters. The van der Waals surface area contributed by atoms with Crippen LogP contribution in [0.1, 0.15) is 49.4 Å². The van der Waals surface area contributed by atoms with Gasteiger partial charge >= 0.3 is 0 Å². The lowest BCUT2D eigenvalue weighted by molar-refractivity contribution is 0.0909. The molecule has 2 heterocycles. The number of fused-ring (bicyclic) bond motifs is 1. The molecule has 2 aliphatic rings. The first-order chi connectivity index (χ1) is 12.4. The summed E-state index contributed by atoms with van der Waals surface area (Å²) in [5.74, 6) is 7.91. The third kappa shape index (κ3) is 4.27. The van der Waals surface area contributed by atoms with Gasteiger partial charge in [0.15, 0.2) is 0 Å². The Labute approximate surface area is 173 Å². The molecule has 146 valence electrons. The molecule has 0 spiro atoms. The minimum atomic E-state index is -0.160. The van der Waals surface area contributed by atoms with Crippen LogP contribution >= 0.6 is 24.0 Å². The molecule has 27 heavy (non-hydrogen) atoms. The summed E-state index contributed by atoms with van der Waals surface area (Å²) < 4.78 is 6.29. The van der Waals surface area contributed by atoms with Crippen molar-refractivity contribution in [3.63, 3.8) is 0 Å². The molecular weight excluding hydrogens is 379 g/mol. The van der Waals surface area contributed by atoms with E-state index in [1.807, 2.05) is 5.01 Å². The van der Waals surface area contributed by atoms with Crippen molar-refractivity contribution in [2.75, 3.05) is 6.54 Å². The number of rotatable bonds is 3. The van der Waals surface area contributed by atoms with Crippen LogP contribution in [0.5, 0.6) is 5.75 Å². The van der Waals surface area contributed by atoms with E-state index in [0.29, 0.717) is 5.92 Å². The zero-order valence-electron chi connectivity index (χ0n) is 16.0. The Morgan fingerprint density at radius 1 is 1.22 bits per heavy atom. The summed E-state index contributed by atoms with van der Waals surface area (Å²) in [7, 11) is 0. The molecule has 3 nitrogen and oxygen atoms in total. The molecule has 1 fully saturated rings. The van der Waals surface area contributed by atoms with E-state index in [1.165, 1.54) is 16.7 Å². The van der Waals surface area contributed by atoms with Gasteiger partial charge in [-0.15, -0.1) is 12.4 Å². The third-order valence-electron chi connectivity index (χ3n) is 5.62. The van der Waals surface area contributed by atoms with Crippen molar-refractivity contribution in [2.45, 2.75) is 51.2 Å². The molecule has 4 rings (SSSR count). The van der Waals surface area contributed by atoms with E-state index in [0.717, 1.165) is 43.0 Å². The van der Waals surface area contributed by atoms with Crippen molar-refractivity contribution in [3.05, 3.63) is 64.2 Å². The van der Waals surface area contributed by atoms with Gasteiger partial charge in [0.1, 0.15) is 11.4 Å². The number of ether oxygens (including phenoxy) is 1. The minimum absolute atomic E-state index is 0. The number of halogens is 2. The highest BCUT2D eigenvalue weighted by molar-refractivity contribution is 6.30. The Hall–Kier alpha value is -1.26. The van der Waals surface area contributed by atoms with Crippen LogP contribution in [0.4, 0.5) is 0 Å². The van der Waals surface area contributed by atoms with E-state index >= 15 is 0 Å². The second-order valence-electron chi connectivity index (χ2n) is 8.29. The Morgan fingerprint density at radius 3 is 2.70 bits per heavy atom. The summed E-state index contributed by atoms with van der Waals surface area (Å²) in [4.78, 5) is 0. The lowest BCUT2D eigenvalue weighted by atomic mass is 9.81. The first-order valence-electron chi connectivity index (χ1n) is 9.49. The highest BCUT2D eigenvalue weighted by atomic mass is 35.5. The maximum Gasteiger partial charge on any atom is 0.126 e. The number of hydrogen-bond acceptors (Lipinski definition) is 3. The fourth-order valence-electron chi connectivity index (χ4n) is 4.61. The molecule has 0 bridgehead atoms. The van der Waals surface area contributed by atoms with Crippen LogP contribution in [-0.2, 0) is 12.8 Å². The standard InChI is InChI=1S/C22H27ClN2O.ClH/c1-22(2)14-18-13-19(23)12-17(21(18)26-22)11-16-9-6-10-25(24)20(16)15-7-4-3-5-8-15;/h3-5,7-8,12-13,16,20H,6,9-11,14,24H2,1-2H3;1H/t16-,20+;/m0./s1. The average Bonchev–Trinajstić information content (AvgIpc) is 2.90. The van der Waals surface area contributed by atoms with Crippen molar-refractivity contribution in [3.8, 4) is 5.75 Å². The van der Waals surface area contributed by atoms with Crippen molar-refractivity contribution in [1.82, 2.24) is 5.01 Å². The number of nitrogens with zero attached hydrogens (tertiary/aromatic N) is 1. The molecule has 1 saturated heterocycles. The van der Waals surface area contributed by atoms with Crippen molar-refractivity contribution < 1.29 is 4.74 Å². The van der Waals surface area contributed by atoms with Gasteiger partial charge in [0, 0.05) is 18.0 Å². The van der Waals surface area contributed by atoms with Gasteiger partial charge in [-0.05, 0) is 67.9 Å². The van der Waals surface area contributed by atoms with Gasteiger partial charge in [-0.1, -0.05) is 41.9 Å². The highest BCUT2D eigenvalue weighted by Gasteiger charge is 2.35. The summed E-state index contributed by atoms with van der Waals surface area (Å²) >= 11 is 6.43. The van der Waals surface area contributed by atoms with Crippen LogP contribution < -0.4 is 10.6 Å². The second-order valence-corrected chi connectivity index (χ2v) is 8.73. The lowest BCUT2D eigenvalue weighted by Crippen LogP contribution is -2.44. The molecule has 2 N–H and O–H groups in total. The van der Waals surface area contributed by atoms with Crippen molar-refractivity contribution in [1.29, 1.82) is 0 Å². The zero-order valence-corrected chi connectivity index (χ0v) is 17.5. The molecule has 0 amide bonds. The summed E-state index contributed by atoms with van der Waals surface area (Å²) in [6, 6.07) is 15.0. The normalized spacial score (nSPS) is 24.0. The number of piperidine rings is 1. The fraction of sp³-hybridized carbons (Fsp3) is 0.455. The largest absolute Gasteiger partial charge is 0.487 e. The van der Waals surface area contributed by atoms with Crippen molar-refractivity contribution in [2.24, 2.45) is 11.8 Å². The molecule has 0 radical (unpaired) electrons. The van der Waals surface area contributed by atoms with Gasteiger partial charge in [-0.2, -0.15) is 0 Å². The molecular formula is C22H28Cl2N2O. The molecule has 0 aromatic heterocycles. The predicted octanol–water partition coefficient (Wildman–Crippen LogP) is 5.34. The number of benzene rings is 2. The number of hydrazine groups is 1. The number of nitrogens with two attached hydrogens (primary N) is 1. The molecule has 0 aliphatic carbocycles. The van der Waals surface area contributed by atoms with Crippen LogP contribution in [0, 0.1) is 5.92 Å². The molecule has 0 saturated carbocycles. The molecule has 2 aromatic carbocycles. The van der Waals surface area contributed by atoms with E-state index in [1.54, 1.807) is 0 Å². The SMILES string of the molecule is CC1(C)Cc2cc(Cl)cc(C[C@@H]3CCCN(N)[C@@H]3c3ccccc3)c2O1.Cl. The molecule has 2 aromatic rings. The maximum absolute atomic E-state index is 6.43. The molecule has 5 heteroatoms. The summed E-state index contributed by atoms with van der Waals surface area (Å²) in [5, 5.41) is 2.82. The third-order valence-corrected chi connectivity index (χ3v) is 5.84. The average molecular weight is 407 g/mol. The van der Waals surface area contributed by atoms with E-state index in [2.05, 4.69) is 56.3 Å². The smallest absolute Gasteiger partial charge is 0.126 e. The predicted molar refractivity (Wildman–Crippen MR) is 114 cm³/mol. The molecule has 0 unspecified atom stereocenters. The van der Waals surface area contributed by atoms with Gasteiger partial charge in [-0.25, -0.2) is 5.01 Å². The van der Waals surface area contributed by atoms with E-state index in [-0.39, 0.29) is 24.0 Å². The van der Waals surface area contributed by atoms with E-state index in [4.69, 9.17) is 22.2 Å². The van der Waals surface area contributed by atoms with E-state index in [9.17, 15) is 0 Å². The first kappa shape index (κ1) is 20.5. The zero-order chi connectivity index (χ0) is 18.3. The summed E-state index contributed by atoms with van der Waals surface area (Å²) in [6.45, 7) is 5.21. The minimum Gasteiger partial charge on any atom is -0.487 e. The van der Waals surface area contributed by atoms with Crippen LogP contribution in [0.3, 0.4) is 0 Å².